The monoisotopic (exact) mass is 251 g/mol. The van der Waals surface area contributed by atoms with Crippen molar-refractivity contribution >= 4 is 11.8 Å². The van der Waals surface area contributed by atoms with E-state index in [4.69, 9.17) is 0 Å². The number of thioether (sulfide) groups is 1. The summed E-state index contributed by atoms with van der Waals surface area (Å²) in [4.78, 5) is 1.27. The van der Waals surface area contributed by atoms with E-state index in [1.54, 1.807) is 0 Å². The van der Waals surface area contributed by atoms with Gasteiger partial charge in [-0.05, 0) is 37.6 Å². The summed E-state index contributed by atoms with van der Waals surface area (Å²) >= 11 is 1.83. The van der Waals surface area contributed by atoms with Gasteiger partial charge < -0.3 is 10.4 Å². The van der Waals surface area contributed by atoms with Crippen molar-refractivity contribution in [2.24, 2.45) is 0 Å². The third-order valence-corrected chi connectivity index (χ3v) is 4.66. The van der Waals surface area contributed by atoms with Crippen LogP contribution in [0, 0.1) is 0 Å². The zero-order valence-electron chi connectivity index (χ0n) is 10.4. The van der Waals surface area contributed by atoms with E-state index >= 15 is 0 Å². The number of aliphatic hydroxyl groups excluding tert-OH is 1. The van der Waals surface area contributed by atoms with Crippen molar-refractivity contribution in [2.75, 3.05) is 7.05 Å². The van der Waals surface area contributed by atoms with Crippen LogP contribution >= 0.6 is 11.8 Å². The Labute approximate surface area is 108 Å². The molecule has 0 heterocycles. The number of aliphatic hydroxyl groups is 1. The Balaban J connectivity index is 1.93. The molecule has 2 unspecified atom stereocenters. The molecule has 17 heavy (non-hydrogen) atoms. The SMILES string of the molecule is CNCc1ccc(SC2CCCCC2O)cc1. The number of hydrogen-bond acceptors (Lipinski definition) is 3. The summed E-state index contributed by atoms with van der Waals surface area (Å²) in [5, 5.41) is 13.5. The Morgan fingerprint density at radius 1 is 1.24 bits per heavy atom. The van der Waals surface area contributed by atoms with Crippen molar-refractivity contribution in [3.8, 4) is 0 Å². The van der Waals surface area contributed by atoms with E-state index in [0.717, 1.165) is 19.4 Å². The van der Waals surface area contributed by atoms with Gasteiger partial charge in [0.05, 0.1) is 6.10 Å². The van der Waals surface area contributed by atoms with Crippen LogP contribution in [0.15, 0.2) is 29.2 Å². The summed E-state index contributed by atoms with van der Waals surface area (Å²) in [6, 6.07) is 8.65. The highest BCUT2D eigenvalue weighted by Crippen LogP contribution is 2.33. The largest absolute Gasteiger partial charge is 0.392 e. The molecular formula is C14H21NOS. The molecular weight excluding hydrogens is 230 g/mol. The average Bonchev–Trinajstić information content (AvgIpc) is 2.35. The summed E-state index contributed by atoms with van der Waals surface area (Å²) in [6.45, 7) is 0.914. The fourth-order valence-electron chi connectivity index (χ4n) is 2.28. The van der Waals surface area contributed by atoms with Gasteiger partial charge in [-0.2, -0.15) is 0 Å². The molecule has 1 saturated carbocycles. The number of hydrogen-bond donors (Lipinski definition) is 2. The standard InChI is InChI=1S/C14H21NOS/c1-15-10-11-6-8-12(9-7-11)17-14-5-3-2-4-13(14)16/h6-9,13-16H,2-5,10H2,1H3. The molecule has 2 atom stereocenters. The highest BCUT2D eigenvalue weighted by atomic mass is 32.2. The van der Waals surface area contributed by atoms with Crippen LogP contribution in [0.25, 0.3) is 0 Å². The lowest BCUT2D eigenvalue weighted by Crippen LogP contribution is -2.26. The van der Waals surface area contributed by atoms with Crippen molar-refractivity contribution < 1.29 is 5.11 Å². The van der Waals surface area contributed by atoms with Gasteiger partial charge in [0.15, 0.2) is 0 Å². The molecule has 0 radical (unpaired) electrons. The highest BCUT2D eigenvalue weighted by Gasteiger charge is 2.23. The summed E-state index contributed by atoms with van der Waals surface area (Å²) in [7, 11) is 1.96. The summed E-state index contributed by atoms with van der Waals surface area (Å²) in [6.07, 6.45) is 4.43. The molecule has 1 aromatic carbocycles. The van der Waals surface area contributed by atoms with E-state index in [0.29, 0.717) is 5.25 Å². The van der Waals surface area contributed by atoms with Gasteiger partial charge in [-0.3, -0.25) is 0 Å². The Hall–Kier alpha value is -0.510. The fraction of sp³-hybridized carbons (Fsp3) is 0.571. The van der Waals surface area contributed by atoms with Crippen molar-refractivity contribution in [2.45, 2.75) is 48.5 Å². The van der Waals surface area contributed by atoms with E-state index < -0.39 is 0 Å². The zero-order chi connectivity index (χ0) is 12.1. The summed E-state index contributed by atoms with van der Waals surface area (Å²) in [5.74, 6) is 0. The maximum absolute atomic E-state index is 9.94. The van der Waals surface area contributed by atoms with E-state index in [1.165, 1.54) is 23.3 Å². The minimum absolute atomic E-state index is 0.120. The average molecular weight is 251 g/mol. The normalized spacial score (nSPS) is 24.8. The smallest absolute Gasteiger partial charge is 0.0662 e. The maximum Gasteiger partial charge on any atom is 0.0662 e. The molecule has 3 heteroatoms. The van der Waals surface area contributed by atoms with E-state index in [1.807, 2.05) is 18.8 Å². The van der Waals surface area contributed by atoms with Gasteiger partial charge in [0.25, 0.3) is 0 Å². The molecule has 0 saturated heterocycles. The Kier molecular flexibility index (Phi) is 4.89. The first-order valence-corrected chi connectivity index (χ1v) is 7.26. The molecule has 94 valence electrons. The Morgan fingerprint density at radius 3 is 2.59 bits per heavy atom. The third kappa shape index (κ3) is 3.73. The second-order valence-corrected chi connectivity index (χ2v) is 5.99. The van der Waals surface area contributed by atoms with Crippen LogP contribution in [0.3, 0.4) is 0 Å². The number of rotatable bonds is 4. The number of benzene rings is 1. The molecule has 2 N–H and O–H groups in total. The minimum Gasteiger partial charge on any atom is -0.392 e. The van der Waals surface area contributed by atoms with Gasteiger partial charge in [-0.25, -0.2) is 0 Å². The van der Waals surface area contributed by atoms with Gasteiger partial charge in [0, 0.05) is 16.7 Å². The van der Waals surface area contributed by atoms with Crippen molar-refractivity contribution in [3.05, 3.63) is 29.8 Å². The van der Waals surface area contributed by atoms with Crippen LogP contribution in [-0.2, 0) is 6.54 Å². The molecule has 0 amide bonds. The molecule has 1 aliphatic rings. The van der Waals surface area contributed by atoms with Crippen LogP contribution in [0.1, 0.15) is 31.2 Å². The number of nitrogens with one attached hydrogen (secondary N) is 1. The van der Waals surface area contributed by atoms with Crippen LogP contribution < -0.4 is 5.32 Å². The zero-order valence-corrected chi connectivity index (χ0v) is 11.2. The predicted octanol–water partition coefficient (Wildman–Crippen LogP) is 2.80. The van der Waals surface area contributed by atoms with Gasteiger partial charge in [0.2, 0.25) is 0 Å². The van der Waals surface area contributed by atoms with E-state index in [-0.39, 0.29) is 6.10 Å². The molecule has 1 fully saturated rings. The van der Waals surface area contributed by atoms with E-state index in [2.05, 4.69) is 29.6 Å². The topological polar surface area (TPSA) is 32.3 Å². The highest BCUT2D eigenvalue weighted by molar-refractivity contribution is 8.00. The molecule has 0 spiro atoms. The predicted molar refractivity (Wildman–Crippen MR) is 73.3 cm³/mol. The third-order valence-electron chi connectivity index (χ3n) is 3.26. The summed E-state index contributed by atoms with van der Waals surface area (Å²) < 4.78 is 0. The van der Waals surface area contributed by atoms with Gasteiger partial charge in [-0.15, -0.1) is 11.8 Å². The van der Waals surface area contributed by atoms with Crippen LogP contribution in [0.2, 0.25) is 0 Å². The first-order valence-electron chi connectivity index (χ1n) is 6.38. The minimum atomic E-state index is -0.120. The molecule has 1 aromatic rings. The fourth-order valence-corrected chi connectivity index (χ4v) is 3.50. The quantitative estimate of drug-likeness (QED) is 0.863. The van der Waals surface area contributed by atoms with Gasteiger partial charge >= 0.3 is 0 Å². The molecule has 1 aliphatic carbocycles. The van der Waals surface area contributed by atoms with Crippen LogP contribution in [-0.4, -0.2) is 23.5 Å². The van der Waals surface area contributed by atoms with Gasteiger partial charge in [0.1, 0.15) is 0 Å². The Bertz CT molecular complexity index is 339. The summed E-state index contributed by atoms with van der Waals surface area (Å²) in [5.41, 5.74) is 1.31. The maximum atomic E-state index is 9.94. The van der Waals surface area contributed by atoms with Crippen molar-refractivity contribution in [1.82, 2.24) is 5.32 Å². The molecule has 0 aliphatic heterocycles. The lowest BCUT2D eigenvalue weighted by molar-refractivity contribution is 0.137. The van der Waals surface area contributed by atoms with Crippen LogP contribution in [0.4, 0.5) is 0 Å². The van der Waals surface area contributed by atoms with Crippen molar-refractivity contribution in [3.63, 3.8) is 0 Å². The molecule has 0 aromatic heterocycles. The second kappa shape index (κ2) is 6.43. The van der Waals surface area contributed by atoms with Gasteiger partial charge in [-0.1, -0.05) is 25.0 Å². The molecule has 2 rings (SSSR count). The Morgan fingerprint density at radius 2 is 1.94 bits per heavy atom. The lowest BCUT2D eigenvalue weighted by Gasteiger charge is -2.26. The van der Waals surface area contributed by atoms with E-state index in [9.17, 15) is 5.11 Å². The lowest BCUT2D eigenvalue weighted by atomic mass is 9.97. The first-order chi connectivity index (χ1) is 8.29. The first kappa shape index (κ1) is 12.9. The van der Waals surface area contributed by atoms with Crippen LogP contribution in [0.5, 0.6) is 0 Å². The molecule has 0 bridgehead atoms. The molecule has 2 nitrogen and oxygen atoms in total. The second-order valence-electron chi connectivity index (χ2n) is 4.68. The van der Waals surface area contributed by atoms with Crippen molar-refractivity contribution in [1.29, 1.82) is 0 Å².